The van der Waals surface area contributed by atoms with E-state index in [4.69, 9.17) is 5.21 Å². The molecule has 0 unspecified atom stereocenters. The van der Waals surface area contributed by atoms with Crippen LogP contribution >= 0.6 is 0 Å². The van der Waals surface area contributed by atoms with Gasteiger partial charge in [-0.3, -0.25) is 13.9 Å². The van der Waals surface area contributed by atoms with Crippen molar-refractivity contribution in [1.82, 2.24) is 19.1 Å². The molecular weight excluding hydrogens is 298 g/mol. The van der Waals surface area contributed by atoms with E-state index in [-0.39, 0.29) is 12.1 Å². The summed E-state index contributed by atoms with van der Waals surface area (Å²) in [6, 6.07) is 0. The summed E-state index contributed by atoms with van der Waals surface area (Å²) in [5, 5.41) is 11.6. The Hall–Kier alpha value is -2.38. The van der Waals surface area contributed by atoms with Gasteiger partial charge >= 0.3 is 5.69 Å². The summed E-state index contributed by atoms with van der Waals surface area (Å²) >= 11 is 0. The number of imidazole rings is 1. The second-order valence-electron chi connectivity index (χ2n) is 5.95. The first-order valence-electron chi connectivity index (χ1n) is 8.06. The van der Waals surface area contributed by atoms with E-state index in [1.54, 1.807) is 0 Å². The van der Waals surface area contributed by atoms with Crippen molar-refractivity contribution in [3.05, 3.63) is 26.7 Å². The molecule has 2 aromatic rings. The number of fused-ring (bicyclic) bond motifs is 1. The summed E-state index contributed by atoms with van der Waals surface area (Å²) in [6.45, 7) is 2.33. The van der Waals surface area contributed by atoms with Crippen LogP contribution < -0.4 is 11.2 Å². The van der Waals surface area contributed by atoms with Crippen LogP contribution in [-0.2, 0) is 13.1 Å². The number of hydrogen-bond acceptors (Lipinski definition) is 5. The van der Waals surface area contributed by atoms with E-state index < -0.39 is 5.69 Å². The maximum absolute atomic E-state index is 12.6. The van der Waals surface area contributed by atoms with Crippen LogP contribution in [0.4, 0.5) is 0 Å². The Morgan fingerprint density at radius 2 is 2.09 bits per heavy atom. The average Bonchev–Trinajstić information content (AvgIpc) is 3.20. The summed E-state index contributed by atoms with van der Waals surface area (Å²) < 4.78 is 2.59. The van der Waals surface area contributed by atoms with Gasteiger partial charge in [-0.25, -0.2) is 9.78 Å². The zero-order chi connectivity index (χ0) is 16.4. The highest BCUT2D eigenvalue weighted by Gasteiger charge is 2.23. The third-order valence-corrected chi connectivity index (χ3v) is 4.41. The minimum atomic E-state index is -0.422. The molecule has 2 heterocycles. The molecule has 3 rings (SSSR count). The Labute approximate surface area is 132 Å². The Morgan fingerprint density at radius 3 is 2.74 bits per heavy atom. The number of nitrogens with zero attached hydrogens (tertiary/aromatic N) is 4. The lowest BCUT2D eigenvalue weighted by molar-refractivity contribution is 0.320. The van der Waals surface area contributed by atoms with Gasteiger partial charge in [-0.2, -0.15) is 0 Å². The monoisotopic (exact) mass is 319 g/mol. The van der Waals surface area contributed by atoms with Gasteiger partial charge in [0.25, 0.3) is 5.56 Å². The van der Waals surface area contributed by atoms with Gasteiger partial charge < -0.3 is 10.2 Å². The van der Waals surface area contributed by atoms with Crippen LogP contribution in [0.5, 0.6) is 0 Å². The zero-order valence-corrected chi connectivity index (χ0v) is 13.2. The molecule has 0 aromatic carbocycles. The highest BCUT2D eigenvalue weighted by atomic mass is 16.4. The summed E-state index contributed by atoms with van der Waals surface area (Å²) in [4.78, 5) is 32.8. The number of hydrogen-bond donors (Lipinski definition) is 2. The van der Waals surface area contributed by atoms with Gasteiger partial charge in [-0.05, 0) is 19.3 Å². The Balaban J connectivity index is 2.23. The number of aromatic nitrogens is 4. The van der Waals surface area contributed by atoms with Gasteiger partial charge in [0, 0.05) is 12.5 Å². The molecule has 0 radical (unpaired) electrons. The normalized spacial score (nSPS) is 16.0. The molecule has 1 aliphatic carbocycles. The molecular formula is C15H21N5O3. The van der Waals surface area contributed by atoms with Gasteiger partial charge in [-0.1, -0.05) is 19.8 Å². The van der Waals surface area contributed by atoms with Crippen molar-refractivity contribution in [3.63, 3.8) is 0 Å². The molecule has 8 nitrogen and oxygen atoms in total. The summed E-state index contributed by atoms with van der Waals surface area (Å²) in [6.07, 6.45) is 6.30. The molecule has 2 N–H and O–H groups in total. The Morgan fingerprint density at radius 1 is 1.35 bits per heavy atom. The van der Waals surface area contributed by atoms with Crippen LogP contribution in [0.25, 0.3) is 11.2 Å². The lowest BCUT2D eigenvalue weighted by atomic mass is 10.1. The average molecular weight is 319 g/mol. The van der Waals surface area contributed by atoms with E-state index in [9.17, 15) is 9.59 Å². The molecule has 1 aliphatic rings. The molecule has 0 saturated heterocycles. The fraction of sp³-hybridized carbons (Fsp3) is 0.600. The molecule has 23 heavy (non-hydrogen) atoms. The van der Waals surface area contributed by atoms with Gasteiger partial charge in [0.15, 0.2) is 5.65 Å². The van der Waals surface area contributed by atoms with Crippen LogP contribution in [0.2, 0.25) is 0 Å². The number of aromatic amines is 1. The van der Waals surface area contributed by atoms with Crippen LogP contribution in [0.1, 0.15) is 50.8 Å². The van der Waals surface area contributed by atoms with E-state index in [1.165, 1.54) is 15.3 Å². The molecule has 0 amide bonds. The van der Waals surface area contributed by atoms with Crippen molar-refractivity contribution < 1.29 is 5.21 Å². The summed E-state index contributed by atoms with van der Waals surface area (Å²) in [7, 11) is 0. The Kier molecular flexibility index (Phi) is 4.31. The van der Waals surface area contributed by atoms with Crippen LogP contribution in [0.3, 0.4) is 0 Å². The standard InChI is InChI=1S/C15H21N5O3/c1-2-8-20-14(21)11-13(19(15(20)22)9-7-16-23)18-12(17-11)10-5-3-4-6-10/h7,10,23H,2-6,8-9H2,1H3,(H,17,18). The first-order valence-corrected chi connectivity index (χ1v) is 8.06. The molecule has 8 heteroatoms. The smallest absolute Gasteiger partial charge is 0.333 e. The minimum Gasteiger partial charge on any atom is -0.411 e. The van der Waals surface area contributed by atoms with E-state index in [0.29, 0.717) is 30.0 Å². The van der Waals surface area contributed by atoms with Crippen molar-refractivity contribution in [2.45, 2.75) is 58.0 Å². The second kappa shape index (κ2) is 6.39. The van der Waals surface area contributed by atoms with Crippen LogP contribution in [-0.4, -0.2) is 30.5 Å². The van der Waals surface area contributed by atoms with Gasteiger partial charge in [0.1, 0.15) is 11.3 Å². The van der Waals surface area contributed by atoms with Crippen molar-refractivity contribution in [3.8, 4) is 0 Å². The number of nitrogens with one attached hydrogen (secondary N) is 1. The van der Waals surface area contributed by atoms with Gasteiger partial charge in [0.2, 0.25) is 0 Å². The molecule has 0 bridgehead atoms. The lowest BCUT2D eigenvalue weighted by Crippen LogP contribution is -2.40. The molecule has 0 spiro atoms. The predicted molar refractivity (Wildman–Crippen MR) is 86.4 cm³/mol. The third kappa shape index (κ3) is 2.69. The molecule has 1 fully saturated rings. The van der Waals surface area contributed by atoms with Gasteiger partial charge in [-0.15, -0.1) is 5.16 Å². The quantitative estimate of drug-likeness (QED) is 0.494. The highest BCUT2D eigenvalue weighted by Crippen LogP contribution is 2.32. The summed E-state index contributed by atoms with van der Waals surface area (Å²) in [5.41, 5.74) is -0.0602. The van der Waals surface area contributed by atoms with Crippen molar-refractivity contribution in [2.24, 2.45) is 5.16 Å². The van der Waals surface area contributed by atoms with E-state index in [0.717, 1.165) is 31.5 Å². The van der Waals surface area contributed by atoms with Crippen molar-refractivity contribution in [1.29, 1.82) is 0 Å². The van der Waals surface area contributed by atoms with Gasteiger partial charge in [0.05, 0.1) is 12.8 Å². The zero-order valence-electron chi connectivity index (χ0n) is 13.2. The van der Waals surface area contributed by atoms with Crippen LogP contribution in [0.15, 0.2) is 14.7 Å². The maximum Gasteiger partial charge on any atom is 0.333 e. The van der Waals surface area contributed by atoms with Crippen LogP contribution in [0, 0.1) is 0 Å². The molecule has 1 saturated carbocycles. The molecule has 124 valence electrons. The molecule has 0 aliphatic heterocycles. The van der Waals surface area contributed by atoms with E-state index in [1.807, 2.05) is 6.92 Å². The van der Waals surface area contributed by atoms with Crippen molar-refractivity contribution >= 4 is 17.4 Å². The highest BCUT2D eigenvalue weighted by molar-refractivity contribution is 5.71. The fourth-order valence-electron chi connectivity index (χ4n) is 3.28. The predicted octanol–water partition coefficient (Wildman–Crippen LogP) is 1.41. The SMILES string of the molecule is CCCn1c(=O)c2[nH]c(C3CCCC3)nc2n(CC=NO)c1=O. The first kappa shape index (κ1) is 15.5. The minimum absolute atomic E-state index is 0.0742. The Bertz CT molecular complexity index is 839. The second-order valence-corrected chi connectivity index (χ2v) is 5.95. The number of rotatable bonds is 5. The topological polar surface area (TPSA) is 105 Å². The maximum atomic E-state index is 12.6. The van der Waals surface area contributed by atoms with E-state index in [2.05, 4.69) is 15.1 Å². The number of oxime groups is 1. The molecule has 0 atom stereocenters. The van der Waals surface area contributed by atoms with Crippen molar-refractivity contribution in [2.75, 3.05) is 0 Å². The number of H-pyrrole nitrogens is 1. The lowest BCUT2D eigenvalue weighted by Gasteiger charge is -2.08. The van der Waals surface area contributed by atoms with E-state index >= 15 is 0 Å². The summed E-state index contributed by atoms with van der Waals surface area (Å²) in [5.74, 6) is 1.09. The largest absolute Gasteiger partial charge is 0.411 e. The molecule has 2 aromatic heterocycles. The third-order valence-electron chi connectivity index (χ3n) is 4.41. The fourth-order valence-corrected chi connectivity index (χ4v) is 3.28. The first-order chi connectivity index (χ1) is 11.2.